The second kappa shape index (κ2) is 4.87. The number of aliphatic hydroxyl groups is 1. The van der Waals surface area contributed by atoms with Crippen LogP contribution in [0.15, 0.2) is 35.4 Å². The number of pyridine rings is 1. The molecule has 2 N–H and O–H groups in total. The van der Waals surface area contributed by atoms with E-state index in [-0.39, 0.29) is 12.2 Å². The van der Waals surface area contributed by atoms with E-state index < -0.39 is 0 Å². The molecule has 0 aliphatic heterocycles. The topological polar surface area (TPSA) is 66.6 Å². The third kappa shape index (κ3) is 2.10. The SMILES string of the molecule is O=c1c(CNCCO)cnc2ccccn12. The van der Waals surface area contributed by atoms with Crippen molar-refractivity contribution in [3.63, 3.8) is 0 Å². The zero-order valence-corrected chi connectivity index (χ0v) is 8.76. The second-order valence-electron chi connectivity index (χ2n) is 3.42. The molecule has 0 radical (unpaired) electrons. The van der Waals surface area contributed by atoms with Crippen molar-refractivity contribution >= 4 is 5.65 Å². The number of nitrogens with one attached hydrogen (secondary N) is 1. The minimum Gasteiger partial charge on any atom is -0.395 e. The molecule has 5 heteroatoms. The lowest BCUT2D eigenvalue weighted by molar-refractivity contribution is 0.292. The largest absolute Gasteiger partial charge is 0.395 e. The Kier molecular flexibility index (Phi) is 3.28. The summed E-state index contributed by atoms with van der Waals surface area (Å²) < 4.78 is 1.51. The van der Waals surface area contributed by atoms with Crippen molar-refractivity contribution in [2.24, 2.45) is 0 Å². The van der Waals surface area contributed by atoms with Gasteiger partial charge in [-0.15, -0.1) is 0 Å². The van der Waals surface area contributed by atoms with Crippen molar-refractivity contribution in [1.29, 1.82) is 0 Å². The zero-order chi connectivity index (χ0) is 11.4. The minimum atomic E-state index is -0.0731. The summed E-state index contributed by atoms with van der Waals surface area (Å²) in [7, 11) is 0. The van der Waals surface area contributed by atoms with Gasteiger partial charge >= 0.3 is 0 Å². The van der Waals surface area contributed by atoms with Gasteiger partial charge in [-0.2, -0.15) is 0 Å². The van der Waals surface area contributed by atoms with Crippen LogP contribution in [0.3, 0.4) is 0 Å². The third-order valence-electron chi connectivity index (χ3n) is 2.29. The van der Waals surface area contributed by atoms with E-state index in [4.69, 9.17) is 5.11 Å². The molecule has 0 aliphatic carbocycles. The second-order valence-corrected chi connectivity index (χ2v) is 3.42. The molecule has 2 heterocycles. The highest BCUT2D eigenvalue weighted by atomic mass is 16.3. The van der Waals surface area contributed by atoms with Gasteiger partial charge in [-0.05, 0) is 12.1 Å². The molecule has 2 rings (SSSR count). The average Bonchev–Trinajstić information content (AvgIpc) is 2.33. The number of fused-ring (bicyclic) bond motifs is 1. The van der Waals surface area contributed by atoms with Crippen molar-refractivity contribution in [2.75, 3.05) is 13.2 Å². The average molecular weight is 219 g/mol. The van der Waals surface area contributed by atoms with Crippen molar-refractivity contribution in [1.82, 2.24) is 14.7 Å². The van der Waals surface area contributed by atoms with E-state index in [1.165, 1.54) is 4.40 Å². The van der Waals surface area contributed by atoms with Gasteiger partial charge in [0.1, 0.15) is 5.65 Å². The summed E-state index contributed by atoms with van der Waals surface area (Å²) in [5, 5.41) is 11.6. The molecular weight excluding hydrogens is 206 g/mol. The maximum absolute atomic E-state index is 11.9. The van der Waals surface area contributed by atoms with Crippen LogP contribution in [-0.4, -0.2) is 27.6 Å². The lowest BCUT2D eigenvalue weighted by Gasteiger charge is -2.04. The first-order valence-electron chi connectivity index (χ1n) is 5.10. The maximum atomic E-state index is 11.9. The van der Waals surface area contributed by atoms with Gasteiger partial charge in [0, 0.05) is 31.0 Å². The molecule has 0 atom stereocenters. The fourth-order valence-electron chi connectivity index (χ4n) is 1.49. The first kappa shape index (κ1) is 10.8. The molecule has 2 aromatic heterocycles. The van der Waals surface area contributed by atoms with Gasteiger partial charge in [-0.3, -0.25) is 9.20 Å². The van der Waals surface area contributed by atoms with Gasteiger partial charge in [0.2, 0.25) is 0 Å². The molecule has 0 saturated carbocycles. The summed E-state index contributed by atoms with van der Waals surface area (Å²) in [5.74, 6) is 0. The summed E-state index contributed by atoms with van der Waals surface area (Å²) in [6.07, 6.45) is 3.27. The first-order valence-corrected chi connectivity index (χ1v) is 5.10. The Hall–Kier alpha value is -1.72. The maximum Gasteiger partial charge on any atom is 0.262 e. The minimum absolute atomic E-state index is 0.0579. The Morgan fingerprint density at radius 3 is 3.12 bits per heavy atom. The summed E-state index contributed by atoms with van der Waals surface area (Å²) in [4.78, 5) is 16.1. The molecule has 5 nitrogen and oxygen atoms in total. The van der Waals surface area contributed by atoms with E-state index >= 15 is 0 Å². The number of nitrogens with zero attached hydrogens (tertiary/aromatic N) is 2. The Balaban J connectivity index is 2.33. The van der Waals surface area contributed by atoms with E-state index in [2.05, 4.69) is 10.3 Å². The Labute approximate surface area is 92.4 Å². The standard InChI is InChI=1S/C11H13N3O2/c15-6-4-12-7-9-8-13-10-3-1-2-5-14(10)11(9)16/h1-3,5,8,12,15H,4,6-7H2. The van der Waals surface area contributed by atoms with Crippen LogP contribution >= 0.6 is 0 Å². The number of hydrogen-bond donors (Lipinski definition) is 2. The molecule has 0 unspecified atom stereocenters. The fraction of sp³-hybridized carbons (Fsp3) is 0.273. The van der Waals surface area contributed by atoms with Gasteiger partial charge in [0.15, 0.2) is 0 Å². The number of hydrogen-bond acceptors (Lipinski definition) is 4. The molecule has 0 bridgehead atoms. The van der Waals surface area contributed by atoms with Crippen LogP contribution in [0.5, 0.6) is 0 Å². The van der Waals surface area contributed by atoms with Crippen molar-refractivity contribution < 1.29 is 5.11 Å². The van der Waals surface area contributed by atoms with E-state index in [9.17, 15) is 4.79 Å². The Morgan fingerprint density at radius 1 is 1.44 bits per heavy atom. The quantitative estimate of drug-likeness (QED) is 0.697. The molecular formula is C11H13N3O2. The number of aliphatic hydroxyl groups excluding tert-OH is 1. The summed E-state index contributed by atoms with van der Waals surface area (Å²) in [5.41, 5.74) is 1.16. The zero-order valence-electron chi connectivity index (χ0n) is 8.76. The summed E-state index contributed by atoms with van der Waals surface area (Å²) in [6, 6.07) is 5.42. The van der Waals surface area contributed by atoms with Gasteiger partial charge in [-0.25, -0.2) is 4.98 Å². The van der Waals surface area contributed by atoms with Crippen LogP contribution in [-0.2, 0) is 6.54 Å². The van der Waals surface area contributed by atoms with Crippen LogP contribution in [0, 0.1) is 0 Å². The van der Waals surface area contributed by atoms with Crippen molar-refractivity contribution in [3.05, 3.63) is 46.5 Å². The molecule has 16 heavy (non-hydrogen) atoms. The van der Waals surface area contributed by atoms with Crippen LogP contribution in [0.1, 0.15) is 5.56 Å². The van der Waals surface area contributed by atoms with Gasteiger partial charge in [0.05, 0.1) is 6.61 Å². The predicted molar refractivity (Wildman–Crippen MR) is 60.3 cm³/mol. The summed E-state index contributed by atoms with van der Waals surface area (Å²) in [6.45, 7) is 0.948. The lowest BCUT2D eigenvalue weighted by Crippen LogP contribution is -2.25. The smallest absolute Gasteiger partial charge is 0.262 e. The van der Waals surface area contributed by atoms with Crippen molar-refractivity contribution in [2.45, 2.75) is 6.54 Å². The van der Waals surface area contributed by atoms with Crippen molar-refractivity contribution in [3.8, 4) is 0 Å². The molecule has 84 valence electrons. The van der Waals surface area contributed by atoms with Crippen LogP contribution in [0.2, 0.25) is 0 Å². The monoisotopic (exact) mass is 219 g/mol. The highest BCUT2D eigenvalue weighted by molar-refractivity contribution is 5.37. The fourth-order valence-corrected chi connectivity index (χ4v) is 1.49. The molecule has 0 saturated heterocycles. The molecule has 0 aliphatic rings. The molecule has 2 aromatic rings. The van der Waals surface area contributed by atoms with Crippen LogP contribution < -0.4 is 10.9 Å². The lowest BCUT2D eigenvalue weighted by atomic mass is 10.3. The highest BCUT2D eigenvalue weighted by Gasteiger charge is 2.02. The predicted octanol–water partition coefficient (Wildman–Crippen LogP) is -0.224. The van der Waals surface area contributed by atoms with Gasteiger partial charge in [0.25, 0.3) is 5.56 Å². The van der Waals surface area contributed by atoms with E-state index in [0.717, 1.165) is 0 Å². The van der Waals surface area contributed by atoms with Crippen LogP contribution in [0.4, 0.5) is 0 Å². The molecule has 0 fully saturated rings. The highest BCUT2D eigenvalue weighted by Crippen LogP contribution is 1.96. The van der Waals surface area contributed by atoms with E-state index in [1.807, 2.05) is 6.07 Å². The molecule has 0 amide bonds. The van der Waals surface area contributed by atoms with Gasteiger partial charge < -0.3 is 10.4 Å². The van der Waals surface area contributed by atoms with E-state index in [1.54, 1.807) is 24.5 Å². The normalized spacial score (nSPS) is 10.8. The number of rotatable bonds is 4. The number of aromatic nitrogens is 2. The Morgan fingerprint density at radius 2 is 2.31 bits per heavy atom. The summed E-state index contributed by atoms with van der Waals surface area (Å²) >= 11 is 0. The third-order valence-corrected chi connectivity index (χ3v) is 2.29. The van der Waals surface area contributed by atoms with E-state index in [0.29, 0.717) is 24.3 Å². The van der Waals surface area contributed by atoms with Crippen LogP contribution in [0.25, 0.3) is 5.65 Å². The molecule has 0 spiro atoms. The first-order chi connectivity index (χ1) is 7.83. The molecule has 0 aromatic carbocycles. The van der Waals surface area contributed by atoms with Gasteiger partial charge in [-0.1, -0.05) is 6.07 Å². The Bertz CT molecular complexity index is 536.